The summed E-state index contributed by atoms with van der Waals surface area (Å²) in [6.07, 6.45) is 4.53. The number of methoxy groups -OCH3 is 1. The molecule has 6 heteroatoms. The number of aliphatic imine (C=N–C) groups is 1. The van der Waals surface area contributed by atoms with Gasteiger partial charge in [-0.2, -0.15) is 0 Å². The highest BCUT2D eigenvalue weighted by molar-refractivity contribution is 9.10. The average molecular weight is 380 g/mol. The predicted octanol–water partition coefficient (Wildman–Crippen LogP) is 4.24. The topological polar surface area (TPSA) is 58.9 Å². The molecule has 0 aliphatic heterocycles. The number of phenolic OH excluding ortho intramolecular Hbond substituents is 1. The third-order valence-corrected chi connectivity index (χ3v) is 5.30. The maximum atomic E-state index is 12.0. The van der Waals surface area contributed by atoms with Gasteiger partial charge in [0.2, 0.25) is 0 Å². The molecule has 1 N–H and O–H groups in total. The van der Waals surface area contributed by atoms with Gasteiger partial charge in [-0.15, -0.1) is 11.3 Å². The molecule has 2 aromatic rings. The standard InChI is InChI=1S/C16H14BrNO3S/c1-21-16(20)14-11-3-2-4-13(11)22-15(14)18-8-9-7-10(17)5-6-12(9)19/h5-8,19H,2-4H2,1H3. The molecule has 1 aliphatic rings. The number of benzene rings is 1. The Morgan fingerprint density at radius 3 is 3.05 bits per heavy atom. The van der Waals surface area contributed by atoms with E-state index in [4.69, 9.17) is 4.74 Å². The van der Waals surface area contributed by atoms with Crippen LogP contribution in [0.3, 0.4) is 0 Å². The molecule has 0 unspecified atom stereocenters. The molecule has 1 aromatic heterocycles. The Morgan fingerprint density at radius 1 is 1.45 bits per heavy atom. The van der Waals surface area contributed by atoms with Gasteiger partial charge in [0.15, 0.2) is 0 Å². The van der Waals surface area contributed by atoms with E-state index in [2.05, 4.69) is 20.9 Å². The van der Waals surface area contributed by atoms with Gasteiger partial charge >= 0.3 is 5.97 Å². The lowest BCUT2D eigenvalue weighted by Gasteiger charge is -2.02. The van der Waals surface area contributed by atoms with Crippen LogP contribution in [0.4, 0.5) is 5.00 Å². The first-order chi connectivity index (χ1) is 10.6. The third kappa shape index (κ3) is 2.80. The molecule has 1 aromatic carbocycles. The Bertz CT molecular complexity index is 767. The summed E-state index contributed by atoms with van der Waals surface area (Å²) in [5, 5.41) is 10.5. The number of carbonyl (C=O) groups is 1. The van der Waals surface area contributed by atoms with Crippen LogP contribution < -0.4 is 0 Å². The molecule has 0 amide bonds. The quantitative estimate of drug-likeness (QED) is 0.640. The summed E-state index contributed by atoms with van der Waals surface area (Å²) >= 11 is 4.89. The first-order valence-corrected chi connectivity index (χ1v) is 8.46. The zero-order valence-corrected chi connectivity index (χ0v) is 14.3. The molecule has 1 heterocycles. The smallest absolute Gasteiger partial charge is 0.341 e. The largest absolute Gasteiger partial charge is 0.507 e. The number of aromatic hydroxyl groups is 1. The number of aryl methyl sites for hydroxylation is 1. The van der Waals surface area contributed by atoms with Crippen LogP contribution in [-0.2, 0) is 17.6 Å². The zero-order chi connectivity index (χ0) is 15.7. The van der Waals surface area contributed by atoms with Gasteiger partial charge in [-0.05, 0) is 43.0 Å². The monoisotopic (exact) mass is 379 g/mol. The van der Waals surface area contributed by atoms with Crippen molar-refractivity contribution >= 4 is 44.5 Å². The molecule has 114 valence electrons. The van der Waals surface area contributed by atoms with Crippen molar-refractivity contribution in [3.8, 4) is 5.75 Å². The number of nitrogens with zero attached hydrogens (tertiary/aromatic N) is 1. The van der Waals surface area contributed by atoms with Crippen LogP contribution >= 0.6 is 27.3 Å². The zero-order valence-electron chi connectivity index (χ0n) is 11.9. The number of halogens is 1. The van der Waals surface area contributed by atoms with E-state index in [0.717, 1.165) is 29.3 Å². The molecule has 0 spiro atoms. The van der Waals surface area contributed by atoms with Gasteiger partial charge in [0.25, 0.3) is 0 Å². The normalized spacial score (nSPS) is 13.5. The Hall–Kier alpha value is -1.66. The highest BCUT2D eigenvalue weighted by Crippen LogP contribution is 2.41. The van der Waals surface area contributed by atoms with E-state index in [9.17, 15) is 9.90 Å². The highest BCUT2D eigenvalue weighted by atomic mass is 79.9. The second-order valence-electron chi connectivity index (χ2n) is 4.99. The maximum Gasteiger partial charge on any atom is 0.341 e. The molecule has 4 nitrogen and oxygen atoms in total. The summed E-state index contributed by atoms with van der Waals surface area (Å²) in [7, 11) is 1.38. The van der Waals surface area contributed by atoms with E-state index in [0.29, 0.717) is 16.1 Å². The van der Waals surface area contributed by atoms with Gasteiger partial charge in [0.1, 0.15) is 10.8 Å². The summed E-state index contributed by atoms with van der Waals surface area (Å²) in [6.45, 7) is 0. The Balaban J connectivity index is 2.00. The van der Waals surface area contributed by atoms with Crippen molar-refractivity contribution in [1.29, 1.82) is 0 Å². The van der Waals surface area contributed by atoms with Crippen LogP contribution in [0, 0.1) is 0 Å². The van der Waals surface area contributed by atoms with Crippen molar-refractivity contribution in [1.82, 2.24) is 0 Å². The van der Waals surface area contributed by atoms with Gasteiger partial charge in [-0.25, -0.2) is 9.79 Å². The van der Waals surface area contributed by atoms with Crippen molar-refractivity contribution in [2.45, 2.75) is 19.3 Å². The molecule has 0 fully saturated rings. The summed E-state index contributed by atoms with van der Waals surface area (Å²) in [6, 6.07) is 5.13. The summed E-state index contributed by atoms with van der Waals surface area (Å²) in [5.74, 6) is -0.194. The summed E-state index contributed by atoms with van der Waals surface area (Å²) in [4.78, 5) is 17.7. The van der Waals surface area contributed by atoms with Crippen molar-refractivity contribution in [3.63, 3.8) is 0 Å². The molecule has 3 rings (SSSR count). The maximum absolute atomic E-state index is 12.0. The molecular formula is C16H14BrNO3S. The molecule has 1 aliphatic carbocycles. The minimum atomic E-state index is -0.343. The van der Waals surface area contributed by atoms with Crippen molar-refractivity contribution in [2.75, 3.05) is 7.11 Å². The lowest BCUT2D eigenvalue weighted by Crippen LogP contribution is -2.03. The fourth-order valence-corrected chi connectivity index (χ4v) is 4.15. The first kappa shape index (κ1) is 15.2. The van der Waals surface area contributed by atoms with Gasteiger partial charge in [0.05, 0.1) is 12.7 Å². The number of esters is 1. The Labute approximate surface area is 140 Å². The number of phenols is 1. The van der Waals surface area contributed by atoms with Gasteiger partial charge < -0.3 is 9.84 Å². The van der Waals surface area contributed by atoms with Crippen LogP contribution in [0.2, 0.25) is 0 Å². The third-order valence-electron chi connectivity index (χ3n) is 3.60. The van der Waals surface area contributed by atoms with Gasteiger partial charge in [-0.1, -0.05) is 15.9 Å². The number of thiophene rings is 1. The number of rotatable bonds is 3. The fourth-order valence-electron chi connectivity index (χ4n) is 2.55. The molecule has 22 heavy (non-hydrogen) atoms. The minimum absolute atomic E-state index is 0.149. The fraction of sp³-hybridized carbons (Fsp3) is 0.250. The van der Waals surface area contributed by atoms with Crippen LogP contribution in [-0.4, -0.2) is 24.4 Å². The second-order valence-corrected chi connectivity index (χ2v) is 6.99. The molecule has 0 atom stereocenters. The lowest BCUT2D eigenvalue weighted by molar-refractivity contribution is 0.0601. The van der Waals surface area contributed by atoms with Crippen molar-refractivity contribution in [2.24, 2.45) is 4.99 Å². The number of carbonyl (C=O) groups excluding carboxylic acids is 1. The Morgan fingerprint density at radius 2 is 2.27 bits per heavy atom. The average Bonchev–Trinajstić information content (AvgIpc) is 3.07. The van der Waals surface area contributed by atoms with Crippen LogP contribution in [0.5, 0.6) is 5.75 Å². The molecule has 0 saturated heterocycles. The van der Waals surface area contributed by atoms with Gasteiger partial charge in [-0.3, -0.25) is 0 Å². The minimum Gasteiger partial charge on any atom is -0.507 e. The Kier molecular flexibility index (Phi) is 4.31. The number of hydrogen-bond donors (Lipinski definition) is 1. The summed E-state index contributed by atoms with van der Waals surface area (Å²) < 4.78 is 5.75. The molecular weight excluding hydrogens is 366 g/mol. The van der Waals surface area contributed by atoms with E-state index >= 15 is 0 Å². The van der Waals surface area contributed by atoms with Crippen LogP contribution in [0.15, 0.2) is 27.7 Å². The SMILES string of the molecule is COC(=O)c1c(N=Cc2cc(Br)ccc2O)sc2c1CCC2. The van der Waals surface area contributed by atoms with E-state index in [1.165, 1.54) is 23.3 Å². The van der Waals surface area contributed by atoms with Crippen LogP contribution in [0.25, 0.3) is 0 Å². The second kappa shape index (κ2) is 6.22. The molecule has 0 saturated carbocycles. The lowest BCUT2D eigenvalue weighted by atomic mass is 10.1. The van der Waals surface area contributed by atoms with E-state index in [1.54, 1.807) is 24.4 Å². The van der Waals surface area contributed by atoms with Crippen LogP contribution in [0.1, 0.15) is 32.8 Å². The van der Waals surface area contributed by atoms with Crippen molar-refractivity contribution in [3.05, 3.63) is 44.2 Å². The number of ether oxygens (including phenoxy) is 1. The molecule has 0 bridgehead atoms. The molecule has 0 radical (unpaired) electrons. The summed E-state index contributed by atoms with van der Waals surface area (Å²) in [5.41, 5.74) is 2.24. The van der Waals surface area contributed by atoms with E-state index in [-0.39, 0.29) is 11.7 Å². The van der Waals surface area contributed by atoms with E-state index < -0.39 is 0 Å². The first-order valence-electron chi connectivity index (χ1n) is 6.85. The highest BCUT2D eigenvalue weighted by Gasteiger charge is 2.26. The van der Waals surface area contributed by atoms with E-state index in [1.807, 2.05) is 0 Å². The van der Waals surface area contributed by atoms with Crippen molar-refractivity contribution < 1.29 is 14.6 Å². The number of hydrogen-bond acceptors (Lipinski definition) is 5. The van der Waals surface area contributed by atoms with Gasteiger partial charge in [0, 0.05) is 21.1 Å². The predicted molar refractivity (Wildman–Crippen MR) is 90.7 cm³/mol. The number of fused-ring (bicyclic) bond motifs is 1.